The molecule has 4 aliphatic rings. The van der Waals surface area contributed by atoms with Crippen molar-refractivity contribution in [1.29, 1.82) is 0 Å². The minimum atomic E-state index is -0.656. The number of amides is 2. The fourth-order valence-electron chi connectivity index (χ4n) is 7.08. The molecule has 7 nitrogen and oxygen atoms in total. The molecule has 0 saturated carbocycles. The maximum Gasteiger partial charge on any atom is 0.238 e. The molecule has 3 aliphatic carbocycles. The number of benzene rings is 3. The van der Waals surface area contributed by atoms with Crippen LogP contribution in [0.1, 0.15) is 29.9 Å². The number of ketones is 2. The number of carbonyl (C=O) groups excluding carboxylic acids is 4. The smallest absolute Gasteiger partial charge is 0.238 e. The average molecular weight is 636 g/mol. The van der Waals surface area contributed by atoms with E-state index in [1.165, 1.54) is 11.0 Å². The van der Waals surface area contributed by atoms with Crippen LogP contribution in [-0.4, -0.2) is 28.5 Å². The van der Waals surface area contributed by atoms with Crippen LogP contribution in [0.15, 0.2) is 106 Å². The van der Waals surface area contributed by atoms with E-state index in [1.807, 2.05) is 54.6 Å². The van der Waals surface area contributed by atoms with Crippen molar-refractivity contribution < 1.29 is 24.3 Å². The molecule has 3 aromatic rings. The molecule has 43 heavy (non-hydrogen) atoms. The van der Waals surface area contributed by atoms with E-state index in [0.29, 0.717) is 28.8 Å². The zero-order valence-corrected chi connectivity index (χ0v) is 24.8. The average Bonchev–Trinajstić information content (AvgIpc) is 3.26. The molecular formula is C35H27BrN2O5. The Morgan fingerprint density at radius 1 is 0.884 bits per heavy atom. The Balaban J connectivity index is 1.25. The number of nitrogens with zero attached hydrogens (tertiary/aromatic N) is 1. The van der Waals surface area contributed by atoms with Crippen molar-refractivity contribution in [2.45, 2.75) is 25.7 Å². The predicted octanol–water partition coefficient (Wildman–Crippen LogP) is 6.41. The number of phenols is 1. The van der Waals surface area contributed by atoms with E-state index in [0.717, 1.165) is 22.5 Å². The number of hydrogen-bond acceptors (Lipinski definition) is 6. The molecule has 0 bridgehead atoms. The highest BCUT2D eigenvalue weighted by Crippen LogP contribution is 2.55. The fourth-order valence-corrected chi connectivity index (χ4v) is 7.53. The molecule has 4 atom stereocenters. The zero-order valence-electron chi connectivity index (χ0n) is 23.2. The van der Waals surface area contributed by atoms with Crippen LogP contribution in [0.3, 0.4) is 0 Å². The van der Waals surface area contributed by atoms with Crippen molar-refractivity contribution >= 4 is 56.4 Å². The molecule has 8 heteroatoms. The Kier molecular flexibility index (Phi) is 6.54. The monoisotopic (exact) mass is 634 g/mol. The second-order valence-corrected chi connectivity index (χ2v) is 12.3. The lowest BCUT2D eigenvalue weighted by Gasteiger charge is -2.42. The zero-order chi connectivity index (χ0) is 30.0. The second kappa shape index (κ2) is 10.3. The van der Waals surface area contributed by atoms with E-state index in [1.54, 1.807) is 31.2 Å². The SMILES string of the molecule is Cc1cc([C@H]2C3=CC[C@@H]4C(=O)N(c5ccc(Nc6ccccc6)cc5)C(=O)[C@@H]4[C@@H]3CC3=C2C(=O)C=C(Br)C3=O)ccc1O. The summed E-state index contributed by atoms with van der Waals surface area (Å²) >= 11 is 3.26. The summed E-state index contributed by atoms with van der Waals surface area (Å²) < 4.78 is 0.191. The highest BCUT2D eigenvalue weighted by molar-refractivity contribution is 9.12. The first-order chi connectivity index (χ1) is 20.7. The first-order valence-electron chi connectivity index (χ1n) is 14.2. The van der Waals surface area contributed by atoms with Gasteiger partial charge in [0.2, 0.25) is 11.8 Å². The summed E-state index contributed by atoms with van der Waals surface area (Å²) in [5, 5.41) is 13.5. The van der Waals surface area contributed by atoms with Gasteiger partial charge in [0.25, 0.3) is 0 Å². The third-order valence-corrected chi connectivity index (χ3v) is 9.66. The van der Waals surface area contributed by atoms with Gasteiger partial charge in [0.1, 0.15) is 5.75 Å². The van der Waals surface area contributed by atoms with Crippen LogP contribution in [0, 0.1) is 24.7 Å². The number of anilines is 3. The summed E-state index contributed by atoms with van der Waals surface area (Å²) in [4.78, 5) is 56.0. The molecule has 2 amide bonds. The van der Waals surface area contributed by atoms with Crippen LogP contribution in [0.5, 0.6) is 5.75 Å². The van der Waals surface area contributed by atoms with Crippen molar-refractivity contribution in [1.82, 2.24) is 0 Å². The molecule has 3 aromatic carbocycles. The van der Waals surface area contributed by atoms with Crippen molar-refractivity contribution in [3.8, 4) is 5.75 Å². The number of imide groups is 1. The van der Waals surface area contributed by atoms with E-state index in [9.17, 15) is 24.3 Å². The fraction of sp³-hybridized carbons (Fsp3) is 0.200. The number of carbonyl (C=O) groups is 4. The number of aromatic hydroxyl groups is 1. The van der Waals surface area contributed by atoms with E-state index in [4.69, 9.17) is 0 Å². The third kappa shape index (κ3) is 4.39. The molecule has 214 valence electrons. The van der Waals surface area contributed by atoms with Crippen molar-refractivity contribution in [2.75, 3.05) is 10.2 Å². The number of Topliss-reactive ketones (excluding diaryl/α,β-unsaturated/α-hetero) is 1. The van der Waals surface area contributed by atoms with Crippen LogP contribution < -0.4 is 10.2 Å². The Morgan fingerprint density at radius 3 is 2.33 bits per heavy atom. The molecule has 2 N–H and O–H groups in total. The maximum atomic E-state index is 14.1. The molecule has 0 unspecified atom stereocenters. The van der Waals surface area contributed by atoms with Gasteiger partial charge in [0.15, 0.2) is 11.6 Å². The lowest BCUT2D eigenvalue weighted by molar-refractivity contribution is -0.123. The quantitative estimate of drug-likeness (QED) is 0.195. The summed E-state index contributed by atoms with van der Waals surface area (Å²) in [5.74, 6) is -3.12. The van der Waals surface area contributed by atoms with Crippen LogP contribution >= 0.6 is 15.9 Å². The van der Waals surface area contributed by atoms with Gasteiger partial charge in [-0.05, 0) is 95.2 Å². The summed E-state index contributed by atoms with van der Waals surface area (Å²) in [5.41, 5.74) is 5.33. The van der Waals surface area contributed by atoms with Crippen molar-refractivity contribution in [3.05, 3.63) is 117 Å². The topological polar surface area (TPSA) is 104 Å². The van der Waals surface area contributed by atoms with E-state index < -0.39 is 23.7 Å². The van der Waals surface area contributed by atoms with Gasteiger partial charge in [-0.15, -0.1) is 0 Å². The number of rotatable bonds is 4. The van der Waals surface area contributed by atoms with Gasteiger partial charge in [0, 0.05) is 34.5 Å². The number of aryl methyl sites for hydroxylation is 1. The number of phenolic OH excluding ortho intramolecular Hbond substituents is 1. The van der Waals surface area contributed by atoms with Crippen molar-refractivity contribution in [3.63, 3.8) is 0 Å². The van der Waals surface area contributed by atoms with Gasteiger partial charge in [-0.1, -0.05) is 42.0 Å². The molecule has 7 rings (SSSR count). The largest absolute Gasteiger partial charge is 0.508 e. The Morgan fingerprint density at radius 2 is 1.60 bits per heavy atom. The molecule has 0 spiro atoms. The van der Waals surface area contributed by atoms with Crippen LogP contribution in [0.25, 0.3) is 0 Å². The summed E-state index contributed by atoms with van der Waals surface area (Å²) in [6, 6.07) is 22.1. The van der Waals surface area contributed by atoms with Gasteiger partial charge in [-0.25, -0.2) is 0 Å². The normalized spacial score (nSPS) is 24.7. The van der Waals surface area contributed by atoms with E-state index in [2.05, 4.69) is 21.2 Å². The standard InChI is InChI=1S/C35H27BrN2O5/c1-18-15-19(7-14-28(18)39)30-23-12-13-24-31(25(23)16-26-32(30)29(40)17-27(36)33(26)41)35(43)38(34(24)42)22-10-8-21(9-11-22)37-20-5-3-2-4-6-20/h2-12,14-15,17,24-25,30-31,37,39H,13,16H2,1H3/t24-,25+,30-,31-/m0/s1. The molecule has 1 aliphatic heterocycles. The van der Waals surface area contributed by atoms with E-state index in [-0.39, 0.29) is 40.0 Å². The van der Waals surface area contributed by atoms with E-state index >= 15 is 0 Å². The Labute approximate surface area is 256 Å². The number of allylic oxidation sites excluding steroid dienone is 6. The molecule has 0 aromatic heterocycles. The number of fused-ring (bicyclic) bond motifs is 3. The van der Waals surface area contributed by atoms with Gasteiger partial charge < -0.3 is 10.4 Å². The summed E-state index contributed by atoms with van der Waals surface area (Å²) in [6.45, 7) is 1.78. The molecule has 1 saturated heterocycles. The van der Waals surface area contributed by atoms with Crippen LogP contribution in [-0.2, 0) is 19.2 Å². The molecule has 1 heterocycles. The lowest BCUT2D eigenvalue weighted by atomic mass is 9.59. The van der Waals surface area contributed by atoms with Crippen LogP contribution in [0.4, 0.5) is 17.1 Å². The van der Waals surface area contributed by atoms with Gasteiger partial charge in [-0.3, -0.25) is 24.1 Å². The second-order valence-electron chi connectivity index (χ2n) is 11.5. The highest BCUT2D eigenvalue weighted by Gasteiger charge is 2.56. The van der Waals surface area contributed by atoms with Crippen LogP contribution in [0.2, 0.25) is 0 Å². The predicted molar refractivity (Wildman–Crippen MR) is 166 cm³/mol. The number of para-hydroxylation sites is 1. The third-order valence-electron chi connectivity index (χ3n) is 9.07. The first kappa shape index (κ1) is 27.3. The summed E-state index contributed by atoms with van der Waals surface area (Å²) in [6.07, 6.45) is 3.88. The number of halogens is 1. The maximum absolute atomic E-state index is 14.1. The first-order valence-corrected chi connectivity index (χ1v) is 15.0. The van der Waals surface area contributed by atoms with Gasteiger partial charge in [0.05, 0.1) is 22.0 Å². The molecular weight excluding hydrogens is 608 g/mol. The Bertz CT molecular complexity index is 1820. The Hall–Kier alpha value is -4.56. The lowest BCUT2D eigenvalue weighted by Crippen LogP contribution is -2.39. The van der Waals surface area contributed by atoms with Gasteiger partial charge >= 0.3 is 0 Å². The molecule has 1 fully saturated rings. The summed E-state index contributed by atoms with van der Waals surface area (Å²) in [7, 11) is 0. The minimum Gasteiger partial charge on any atom is -0.508 e. The highest BCUT2D eigenvalue weighted by atomic mass is 79.9. The number of hydrogen-bond donors (Lipinski definition) is 2. The van der Waals surface area contributed by atoms with Gasteiger partial charge in [-0.2, -0.15) is 0 Å². The minimum absolute atomic E-state index is 0.133. The number of nitrogens with one attached hydrogen (secondary N) is 1. The van der Waals surface area contributed by atoms with Crippen molar-refractivity contribution in [2.24, 2.45) is 17.8 Å². The molecule has 0 radical (unpaired) electrons.